The molecule has 0 spiro atoms. The number of carbonyl (C=O) groups is 4. The highest BCUT2D eigenvalue weighted by atomic mass is 16.6. The fourth-order valence-corrected chi connectivity index (χ4v) is 4.08. The van der Waals surface area contributed by atoms with Gasteiger partial charge in [0, 0.05) is 36.4 Å². The van der Waals surface area contributed by atoms with E-state index in [1.807, 2.05) is 54.6 Å². The molecule has 9 heteroatoms. The lowest BCUT2D eigenvalue weighted by molar-refractivity contribution is -0.145. The Morgan fingerprint density at radius 3 is 2.24 bits per heavy atom. The predicted molar refractivity (Wildman–Crippen MR) is 143 cm³/mol. The fourth-order valence-electron chi connectivity index (χ4n) is 4.08. The third-order valence-corrected chi connectivity index (χ3v) is 5.88. The zero-order chi connectivity index (χ0) is 27.7. The number of aromatic nitrogens is 1. The van der Waals surface area contributed by atoms with Gasteiger partial charge in [0.15, 0.2) is 5.78 Å². The number of rotatable bonds is 11. The Balaban J connectivity index is 1.63. The van der Waals surface area contributed by atoms with Crippen LogP contribution in [-0.2, 0) is 36.7 Å². The topological polar surface area (TPSA) is 127 Å². The Kier molecular flexibility index (Phi) is 9.65. The quantitative estimate of drug-likeness (QED) is 0.329. The SMILES string of the molecule is COC(=O)[C@H](Cc1c[nH]c2ccccc12)NC(=O)CCC(=O)[C@H](Cc1ccccc1)NC(=O)OC(C)(C)C. The molecule has 0 fully saturated rings. The zero-order valence-electron chi connectivity index (χ0n) is 22.2. The maximum Gasteiger partial charge on any atom is 0.408 e. The summed E-state index contributed by atoms with van der Waals surface area (Å²) >= 11 is 0. The highest BCUT2D eigenvalue weighted by molar-refractivity contribution is 5.92. The molecule has 0 aliphatic rings. The van der Waals surface area contributed by atoms with Crippen molar-refractivity contribution < 1.29 is 28.7 Å². The third kappa shape index (κ3) is 8.47. The summed E-state index contributed by atoms with van der Waals surface area (Å²) in [7, 11) is 1.26. The van der Waals surface area contributed by atoms with Crippen LogP contribution in [0.3, 0.4) is 0 Å². The smallest absolute Gasteiger partial charge is 0.408 e. The second kappa shape index (κ2) is 12.9. The predicted octanol–water partition coefficient (Wildman–Crippen LogP) is 3.85. The molecule has 3 aromatic rings. The summed E-state index contributed by atoms with van der Waals surface area (Å²) in [5.74, 6) is -1.37. The van der Waals surface area contributed by atoms with Crippen LogP contribution < -0.4 is 10.6 Å². The van der Waals surface area contributed by atoms with Crippen molar-refractivity contribution in [2.45, 2.75) is 64.1 Å². The van der Waals surface area contributed by atoms with E-state index in [0.29, 0.717) is 0 Å². The number of ketones is 1. The Morgan fingerprint density at radius 1 is 0.868 bits per heavy atom. The molecule has 0 saturated heterocycles. The number of esters is 1. The third-order valence-electron chi connectivity index (χ3n) is 5.88. The number of benzene rings is 2. The van der Waals surface area contributed by atoms with Crippen molar-refractivity contribution >= 4 is 34.7 Å². The molecule has 0 saturated carbocycles. The number of hydrogen-bond donors (Lipinski definition) is 3. The molecule has 0 aliphatic heterocycles. The van der Waals surface area contributed by atoms with Gasteiger partial charge in [-0.3, -0.25) is 9.59 Å². The van der Waals surface area contributed by atoms with E-state index in [1.165, 1.54) is 7.11 Å². The molecular formula is C29H35N3O6. The number of amides is 2. The van der Waals surface area contributed by atoms with Crippen LogP contribution in [-0.4, -0.2) is 53.5 Å². The molecule has 2 amide bonds. The number of fused-ring (bicyclic) bond motifs is 1. The van der Waals surface area contributed by atoms with Crippen LogP contribution in [0.4, 0.5) is 4.79 Å². The summed E-state index contributed by atoms with van der Waals surface area (Å²) in [6.07, 6.45) is 1.30. The number of para-hydroxylation sites is 1. The highest BCUT2D eigenvalue weighted by Crippen LogP contribution is 2.19. The molecule has 202 valence electrons. The van der Waals surface area contributed by atoms with Gasteiger partial charge in [0.1, 0.15) is 11.6 Å². The van der Waals surface area contributed by atoms with E-state index >= 15 is 0 Å². The standard InChI is InChI=1S/C29H35N3O6/c1-29(2,3)38-28(36)32-23(16-19-10-6-5-7-11-19)25(33)14-15-26(34)31-24(27(35)37-4)17-20-18-30-22-13-9-8-12-21(20)22/h5-13,18,23-24,30H,14-17H2,1-4H3,(H,31,34)(H,32,36)/t23-,24-/m0/s1. The van der Waals surface area contributed by atoms with Crippen molar-refractivity contribution in [3.63, 3.8) is 0 Å². The van der Waals surface area contributed by atoms with Crippen molar-refractivity contribution in [3.8, 4) is 0 Å². The number of methoxy groups -OCH3 is 1. The van der Waals surface area contributed by atoms with Crippen LogP contribution >= 0.6 is 0 Å². The maximum atomic E-state index is 13.1. The van der Waals surface area contributed by atoms with Gasteiger partial charge in [-0.25, -0.2) is 9.59 Å². The van der Waals surface area contributed by atoms with E-state index < -0.39 is 35.7 Å². The lowest BCUT2D eigenvalue weighted by atomic mass is 9.99. The second-order valence-corrected chi connectivity index (χ2v) is 10.1. The first kappa shape index (κ1) is 28.4. The number of hydrogen-bond acceptors (Lipinski definition) is 6. The average molecular weight is 522 g/mol. The summed E-state index contributed by atoms with van der Waals surface area (Å²) < 4.78 is 10.2. The van der Waals surface area contributed by atoms with Crippen LogP contribution in [0.2, 0.25) is 0 Å². The minimum atomic E-state index is -0.915. The van der Waals surface area contributed by atoms with Crippen molar-refractivity contribution in [1.29, 1.82) is 0 Å². The molecule has 0 bridgehead atoms. The van der Waals surface area contributed by atoms with E-state index in [-0.39, 0.29) is 31.5 Å². The lowest BCUT2D eigenvalue weighted by Gasteiger charge is -2.23. The van der Waals surface area contributed by atoms with E-state index in [2.05, 4.69) is 15.6 Å². The Labute approximate surface area is 222 Å². The second-order valence-electron chi connectivity index (χ2n) is 10.1. The van der Waals surface area contributed by atoms with E-state index in [0.717, 1.165) is 22.0 Å². The number of H-pyrrole nitrogens is 1. The molecule has 1 heterocycles. The summed E-state index contributed by atoms with van der Waals surface area (Å²) in [5.41, 5.74) is 1.91. The molecule has 0 unspecified atom stereocenters. The molecule has 9 nitrogen and oxygen atoms in total. The molecule has 2 aromatic carbocycles. The number of aromatic amines is 1. The molecule has 3 N–H and O–H groups in total. The van der Waals surface area contributed by atoms with Crippen LogP contribution in [0.25, 0.3) is 10.9 Å². The van der Waals surface area contributed by atoms with Gasteiger partial charge in [0.25, 0.3) is 0 Å². The summed E-state index contributed by atoms with van der Waals surface area (Å²) in [5, 5.41) is 6.28. The van der Waals surface area contributed by atoms with Crippen LogP contribution in [0.5, 0.6) is 0 Å². The molecule has 2 atom stereocenters. The average Bonchev–Trinajstić information content (AvgIpc) is 3.28. The number of Topliss-reactive ketones (excluding diaryl/α,β-unsaturated/α-hetero) is 1. The minimum absolute atomic E-state index is 0.125. The molecule has 0 aliphatic carbocycles. The molecule has 1 aromatic heterocycles. The van der Waals surface area contributed by atoms with Crippen LogP contribution in [0.15, 0.2) is 60.8 Å². The van der Waals surface area contributed by atoms with Gasteiger partial charge >= 0.3 is 12.1 Å². The maximum absolute atomic E-state index is 13.1. The molecular weight excluding hydrogens is 486 g/mol. The highest BCUT2D eigenvalue weighted by Gasteiger charge is 2.27. The molecule has 38 heavy (non-hydrogen) atoms. The van der Waals surface area contributed by atoms with E-state index in [4.69, 9.17) is 9.47 Å². The lowest BCUT2D eigenvalue weighted by Crippen LogP contribution is -2.46. The monoisotopic (exact) mass is 521 g/mol. The fraction of sp³-hybridized carbons (Fsp3) is 0.379. The number of ether oxygens (including phenoxy) is 2. The first-order valence-corrected chi connectivity index (χ1v) is 12.5. The number of nitrogens with one attached hydrogen (secondary N) is 3. The molecule has 0 radical (unpaired) electrons. The zero-order valence-corrected chi connectivity index (χ0v) is 22.2. The summed E-state index contributed by atoms with van der Waals surface area (Å²) in [4.78, 5) is 53.8. The van der Waals surface area contributed by atoms with Gasteiger partial charge in [-0.1, -0.05) is 48.5 Å². The van der Waals surface area contributed by atoms with Gasteiger partial charge in [0.2, 0.25) is 5.91 Å². The van der Waals surface area contributed by atoms with Crippen LogP contribution in [0, 0.1) is 0 Å². The normalized spacial score (nSPS) is 12.8. The first-order chi connectivity index (χ1) is 18.1. The largest absolute Gasteiger partial charge is 0.467 e. The van der Waals surface area contributed by atoms with Crippen molar-refractivity contribution in [3.05, 3.63) is 71.9 Å². The first-order valence-electron chi connectivity index (χ1n) is 12.5. The Hall–Kier alpha value is -4.14. The minimum Gasteiger partial charge on any atom is -0.467 e. The van der Waals surface area contributed by atoms with Gasteiger partial charge in [-0.05, 0) is 44.4 Å². The van der Waals surface area contributed by atoms with Gasteiger partial charge in [0.05, 0.1) is 13.2 Å². The van der Waals surface area contributed by atoms with Crippen molar-refractivity contribution in [1.82, 2.24) is 15.6 Å². The Bertz CT molecular complexity index is 1260. The van der Waals surface area contributed by atoms with E-state index in [1.54, 1.807) is 27.0 Å². The summed E-state index contributed by atoms with van der Waals surface area (Å²) in [6.45, 7) is 5.21. The van der Waals surface area contributed by atoms with Crippen molar-refractivity contribution in [2.75, 3.05) is 7.11 Å². The molecule has 3 rings (SSSR count). The van der Waals surface area contributed by atoms with Crippen molar-refractivity contribution in [2.24, 2.45) is 0 Å². The number of alkyl carbamates (subject to hydrolysis) is 1. The Morgan fingerprint density at radius 2 is 1.55 bits per heavy atom. The van der Waals surface area contributed by atoms with Gasteiger partial charge in [-0.15, -0.1) is 0 Å². The van der Waals surface area contributed by atoms with Gasteiger partial charge in [-0.2, -0.15) is 0 Å². The van der Waals surface area contributed by atoms with Crippen LogP contribution in [0.1, 0.15) is 44.7 Å². The summed E-state index contributed by atoms with van der Waals surface area (Å²) in [6, 6.07) is 15.1. The van der Waals surface area contributed by atoms with Gasteiger partial charge < -0.3 is 25.1 Å². The number of carbonyl (C=O) groups excluding carboxylic acids is 4. The van der Waals surface area contributed by atoms with E-state index in [9.17, 15) is 19.2 Å².